The summed E-state index contributed by atoms with van der Waals surface area (Å²) < 4.78 is 0. The van der Waals surface area contributed by atoms with Crippen molar-refractivity contribution < 1.29 is 9.90 Å². The zero-order chi connectivity index (χ0) is 10.3. The molecule has 0 fully saturated rings. The molecule has 0 radical (unpaired) electrons. The molecule has 5 heteroatoms. The van der Waals surface area contributed by atoms with Crippen LogP contribution < -0.4 is 11.1 Å². The summed E-state index contributed by atoms with van der Waals surface area (Å²) in [5, 5.41) is 11.4. The van der Waals surface area contributed by atoms with Crippen molar-refractivity contribution in [2.45, 2.75) is 12.5 Å². The topological polar surface area (TPSA) is 78.6 Å². The highest BCUT2D eigenvalue weighted by Gasteiger charge is 2.09. The predicted octanol–water partition coefficient (Wildman–Crippen LogP) is -1.06. The van der Waals surface area contributed by atoms with Crippen molar-refractivity contribution in [2.24, 2.45) is 5.73 Å². The van der Waals surface area contributed by atoms with E-state index < -0.39 is 12.0 Å². The van der Waals surface area contributed by atoms with Crippen molar-refractivity contribution in [1.29, 1.82) is 0 Å². The largest absolute Gasteiger partial charge is 0.480 e. The van der Waals surface area contributed by atoms with Gasteiger partial charge in [0.2, 0.25) is 0 Å². The number of carbonyl (C=O) groups is 1. The molecule has 0 aromatic rings. The molecule has 0 aliphatic heterocycles. The van der Waals surface area contributed by atoms with Crippen LogP contribution in [0, 0.1) is 0 Å². The maximum absolute atomic E-state index is 10.3. The normalized spacial score (nSPS) is 13.2. The molecule has 0 amide bonds. The number of aliphatic carboxylic acids is 1. The molecule has 0 heterocycles. The summed E-state index contributed by atoms with van der Waals surface area (Å²) in [6.45, 7) is 2.14. The summed E-state index contributed by atoms with van der Waals surface area (Å²) in [5.41, 5.74) is 5.29. The molecule has 0 aliphatic carbocycles. The first-order valence-corrected chi connectivity index (χ1v) is 4.38. The van der Waals surface area contributed by atoms with Gasteiger partial charge < -0.3 is 21.1 Å². The summed E-state index contributed by atoms with van der Waals surface area (Å²) >= 11 is 0. The lowest BCUT2D eigenvalue weighted by Gasteiger charge is -2.11. The number of nitrogens with zero attached hydrogens (tertiary/aromatic N) is 1. The molecule has 1 unspecified atom stereocenters. The Hall–Kier alpha value is -0.650. The Kier molecular flexibility index (Phi) is 6.48. The zero-order valence-corrected chi connectivity index (χ0v) is 8.29. The molecule has 0 spiro atoms. The van der Waals surface area contributed by atoms with Crippen molar-refractivity contribution in [3.05, 3.63) is 0 Å². The summed E-state index contributed by atoms with van der Waals surface area (Å²) in [4.78, 5) is 12.4. The van der Waals surface area contributed by atoms with Gasteiger partial charge in [0.1, 0.15) is 6.04 Å². The highest BCUT2D eigenvalue weighted by atomic mass is 16.4. The lowest BCUT2D eigenvalue weighted by molar-refractivity contribution is -0.138. The molecule has 4 N–H and O–H groups in total. The van der Waals surface area contributed by atoms with Crippen LogP contribution in [0.2, 0.25) is 0 Å². The van der Waals surface area contributed by atoms with E-state index in [2.05, 4.69) is 10.2 Å². The minimum atomic E-state index is -0.958. The van der Waals surface area contributed by atoms with Crippen LogP contribution in [0.15, 0.2) is 0 Å². The van der Waals surface area contributed by atoms with Gasteiger partial charge in [0, 0.05) is 6.54 Å². The van der Waals surface area contributed by atoms with Crippen LogP contribution >= 0.6 is 0 Å². The van der Waals surface area contributed by atoms with Crippen LogP contribution in [0.3, 0.4) is 0 Å². The van der Waals surface area contributed by atoms with Gasteiger partial charge in [0.15, 0.2) is 0 Å². The predicted molar refractivity (Wildman–Crippen MR) is 51.7 cm³/mol. The van der Waals surface area contributed by atoms with E-state index in [1.54, 1.807) is 0 Å². The van der Waals surface area contributed by atoms with Crippen LogP contribution in [0.5, 0.6) is 0 Å². The highest BCUT2D eigenvalue weighted by Crippen LogP contribution is 1.81. The van der Waals surface area contributed by atoms with Crippen molar-refractivity contribution in [2.75, 3.05) is 33.7 Å². The van der Waals surface area contributed by atoms with E-state index in [9.17, 15) is 4.79 Å². The molecule has 0 saturated carbocycles. The van der Waals surface area contributed by atoms with Gasteiger partial charge in [-0.25, -0.2) is 0 Å². The second-order valence-corrected chi connectivity index (χ2v) is 3.31. The molecule has 78 valence electrons. The number of hydrogen-bond donors (Lipinski definition) is 3. The molecule has 0 aromatic heterocycles. The molecule has 1 atom stereocenters. The summed E-state index contributed by atoms with van der Waals surface area (Å²) in [7, 11) is 4.01. The first-order valence-electron chi connectivity index (χ1n) is 4.38. The lowest BCUT2D eigenvalue weighted by Crippen LogP contribution is -2.40. The molecule has 0 rings (SSSR count). The molecule has 0 bridgehead atoms. The van der Waals surface area contributed by atoms with Crippen LogP contribution in [-0.4, -0.2) is 55.7 Å². The molecule has 0 aliphatic rings. The number of carboxylic acid groups (broad SMARTS) is 1. The average Bonchev–Trinajstić information content (AvgIpc) is 2.02. The fourth-order valence-electron chi connectivity index (χ4n) is 0.865. The van der Waals surface area contributed by atoms with Gasteiger partial charge in [-0.2, -0.15) is 0 Å². The SMILES string of the molecule is CN(C)CCCNCC(N)C(=O)O. The zero-order valence-electron chi connectivity index (χ0n) is 8.29. The van der Waals surface area contributed by atoms with Crippen molar-refractivity contribution in [1.82, 2.24) is 10.2 Å². The van der Waals surface area contributed by atoms with Gasteiger partial charge in [-0.1, -0.05) is 0 Å². The van der Waals surface area contributed by atoms with E-state index >= 15 is 0 Å². The first-order chi connectivity index (χ1) is 6.04. The molecule has 0 aromatic carbocycles. The van der Waals surface area contributed by atoms with Crippen molar-refractivity contribution in [3.63, 3.8) is 0 Å². The fourth-order valence-corrected chi connectivity index (χ4v) is 0.865. The Labute approximate surface area is 78.9 Å². The fraction of sp³-hybridized carbons (Fsp3) is 0.875. The third kappa shape index (κ3) is 7.70. The maximum atomic E-state index is 10.3. The van der Waals surface area contributed by atoms with Gasteiger partial charge in [0.25, 0.3) is 0 Å². The highest BCUT2D eigenvalue weighted by molar-refractivity contribution is 5.73. The van der Waals surface area contributed by atoms with Gasteiger partial charge in [-0.3, -0.25) is 4.79 Å². The van der Waals surface area contributed by atoms with E-state index in [0.717, 1.165) is 19.5 Å². The van der Waals surface area contributed by atoms with Crippen LogP contribution in [0.25, 0.3) is 0 Å². The molecule has 5 nitrogen and oxygen atoms in total. The molecular formula is C8H19N3O2. The standard InChI is InChI=1S/C8H19N3O2/c1-11(2)5-3-4-10-6-7(9)8(12)13/h7,10H,3-6,9H2,1-2H3,(H,12,13). The molecular weight excluding hydrogens is 170 g/mol. The van der Waals surface area contributed by atoms with Crippen molar-refractivity contribution in [3.8, 4) is 0 Å². The summed E-state index contributed by atoms with van der Waals surface area (Å²) in [5.74, 6) is -0.958. The van der Waals surface area contributed by atoms with E-state index in [-0.39, 0.29) is 0 Å². The number of nitrogens with two attached hydrogens (primary N) is 1. The molecule has 13 heavy (non-hydrogen) atoms. The van der Waals surface area contributed by atoms with Crippen molar-refractivity contribution >= 4 is 5.97 Å². The Morgan fingerprint density at radius 3 is 2.69 bits per heavy atom. The third-order valence-electron chi connectivity index (χ3n) is 1.64. The number of nitrogens with one attached hydrogen (secondary N) is 1. The summed E-state index contributed by atoms with van der Waals surface area (Å²) in [6.07, 6.45) is 0.999. The Morgan fingerprint density at radius 1 is 1.62 bits per heavy atom. The third-order valence-corrected chi connectivity index (χ3v) is 1.64. The van der Waals surface area contributed by atoms with Gasteiger partial charge in [-0.15, -0.1) is 0 Å². The van der Waals surface area contributed by atoms with Crippen LogP contribution in [0.1, 0.15) is 6.42 Å². The number of carboxylic acids is 1. The maximum Gasteiger partial charge on any atom is 0.321 e. The van der Waals surface area contributed by atoms with E-state index in [4.69, 9.17) is 10.8 Å². The Morgan fingerprint density at radius 2 is 2.23 bits per heavy atom. The van der Waals surface area contributed by atoms with E-state index in [0.29, 0.717) is 6.54 Å². The van der Waals surface area contributed by atoms with E-state index in [1.165, 1.54) is 0 Å². The molecule has 0 saturated heterocycles. The average molecular weight is 189 g/mol. The minimum Gasteiger partial charge on any atom is -0.480 e. The first kappa shape index (κ1) is 12.3. The Balaban J connectivity index is 3.21. The summed E-state index contributed by atoms with van der Waals surface area (Å²) in [6, 6.07) is -0.792. The van der Waals surface area contributed by atoms with E-state index in [1.807, 2.05) is 14.1 Å². The monoisotopic (exact) mass is 189 g/mol. The second kappa shape index (κ2) is 6.82. The van der Waals surface area contributed by atoms with Gasteiger partial charge in [0.05, 0.1) is 0 Å². The lowest BCUT2D eigenvalue weighted by atomic mass is 10.3. The Bertz CT molecular complexity index is 150. The number of hydrogen-bond acceptors (Lipinski definition) is 4. The quantitative estimate of drug-likeness (QED) is 0.445. The second-order valence-electron chi connectivity index (χ2n) is 3.31. The minimum absolute atomic E-state index is 0.336. The van der Waals surface area contributed by atoms with Crippen LogP contribution in [0.4, 0.5) is 0 Å². The van der Waals surface area contributed by atoms with Crippen LogP contribution in [-0.2, 0) is 4.79 Å². The number of rotatable bonds is 7. The smallest absolute Gasteiger partial charge is 0.321 e. The van der Waals surface area contributed by atoms with Gasteiger partial charge >= 0.3 is 5.97 Å². The van der Waals surface area contributed by atoms with Gasteiger partial charge in [-0.05, 0) is 33.6 Å².